The number of carbonyl (C=O) groups excluding carboxylic acids is 1. The van der Waals surface area contributed by atoms with Gasteiger partial charge in [0.2, 0.25) is 5.91 Å². The fraction of sp³-hybridized carbons (Fsp3) is 0.300. The SMILES string of the molecule is CN1C(=O)CCc2cc(Br)cc(O)c21. The van der Waals surface area contributed by atoms with Crippen LogP contribution in [0.25, 0.3) is 0 Å². The lowest BCUT2D eigenvalue weighted by Crippen LogP contribution is -2.31. The van der Waals surface area contributed by atoms with Gasteiger partial charge in [-0.2, -0.15) is 0 Å². The predicted molar refractivity (Wildman–Crippen MR) is 57.5 cm³/mol. The van der Waals surface area contributed by atoms with Crippen LogP contribution in [0.2, 0.25) is 0 Å². The molecule has 74 valence electrons. The van der Waals surface area contributed by atoms with E-state index in [1.165, 1.54) is 4.90 Å². The molecule has 1 N–H and O–H groups in total. The van der Waals surface area contributed by atoms with Gasteiger partial charge in [0.15, 0.2) is 0 Å². The summed E-state index contributed by atoms with van der Waals surface area (Å²) in [5.74, 6) is 0.208. The number of aromatic hydroxyl groups is 1. The van der Waals surface area contributed by atoms with Crippen LogP contribution in [0.4, 0.5) is 5.69 Å². The minimum Gasteiger partial charge on any atom is -0.506 e. The fourth-order valence-corrected chi connectivity index (χ4v) is 2.24. The smallest absolute Gasteiger partial charge is 0.227 e. The molecular weight excluding hydrogens is 246 g/mol. The van der Waals surface area contributed by atoms with E-state index in [0.717, 1.165) is 10.0 Å². The Morgan fingerprint density at radius 1 is 1.43 bits per heavy atom. The monoisotopic (exact) mass is 255 g/mol. The molecular formula is C10H10BrNO2. The number of carbonyl (C=O) groups is 1. The molecule has 0 unspecified atom stereocenters. The molecule has 0 fully saturated rings. The Morgan fingerprint density at radius 3 is 2.86 bits per heavy atom. The molecule has 0 aromatic heterocycles. The van der Waals surface area contributed by atoms with Gasteiger partial charge in [0.25, 0.3) is 0 Å². The highest BCUT2D eigenvalue weighted by Crippen LogP contribution is 2.37. The molecule has 1 amide bonds. The minimum absolute atomic E-state index is 0.0510. The Bertz CT molecular complexity index is 403. The molecule has 0 saturated carbocycles. The third-order valence-electron chi connectivity index (χ3n) is 2.45. The summed E-state index contributed by atoms with van der Waals surface area (Å²) in [6, 6.07) is 3.55. The molecule has 1 aliphatic heterocycles. The first-order valence-electron chi connectivity index (χ1n) is 4.37. The van der Waals surface area contributed by atoms with Crippen LogP contribution < -0.4 is 4.90 Å². The standard InChI is InChI=1S/C10H10BrNO2/c1-12-9(14)3-2-6-4-7(11)5-8(13)10(6)12/h4-5,13H,2-3H2,1H3. The van der Waals surface area contributed by atoms with Gasteiger partial charge < -0.3 is 10.0 Å². The van der Waals surface area contributed by atoms with E-state index >= 15 is 0 Å². The van der Waals surface area contributed by atoms with Crippen LogP contribution >= 0.6 is 15.9 Å². The number of aryl methyl sites for hydroxylation is 1. The quantitative estimate of drug-likeness (QED) is 0.771. The first-order chi connectivity index (χ1) is 6.59. The van der Waals surface area contributed by atoms with Gasteiger partial charge in [0.05, 0.1) is 5.69 Å². The third kappa shape index (κ3) is 1.39. The number of nitrogens with zero attached hydrogens (tertiary/aromatic N) is 1. The molecule has 0 bridgehead atoms. The zero-order valence-electron chi connectivity index (χ0n) is 7.75. The molecule has 0 radical (unpaired) electrons. The molecule has 14 heavy (non-hydrogen) atoms. The topological polar surface area (TPSA) is 40.5 Å². The van der Waals surface area contributed by atoms with Crippen LogP contribution in [0.15, 0.2) is 16.6 Å². The van der Waals surface area contributed by atoms with E-state index < -0.39 is 0 Å². The van der Waals surface area contributed by atoms with Gasteiger partial charge in [-0.15, -0.1) is 0 Å². The lowest BCUT2D eigenvalue weighted by Gasteiger charge is -2.26. The highest BCUT2D eigenvalue weighted by atomic mass is 79.9. The average Bonchev–Trinajstić information content (AvgIpc) is 2.10. The number of fused-ring (bicyclic) bond motifs is 1. The van der Waals surface area contributed by atoms with E-state index in [1.807, 2.05) is 6.07 Å². The van der Waals surface area contributed by atoms with E-state index in [-0.39, 0.29) is 11.7 Å². The van der Waals surface area contributed by atoms with Crippen molar-refractivity contribution < 1.29 is 9.90 Å². The largest absolute Gasteiger partial charge is 0.506 e. The first-order valence-corrected chi connectivity index (χ1v) is 5.17. The number of phenolic OH excluding ortho intramolecular Hbond substituents is 1. The number of anilines is 1. The normalized spacial score (nSPS) is 15.6. The number of halogens is 1. The van der Waals surface area contributed by atoms with Crippen molar-refractivity contribution in [2.24, 2.45) is 0 Å². The van der Waals surface area contributed by atoms with Crippen LogP contribution in [0.5, 0.6) is 5.75 Å². The van der Waals surface area contributed by atoms with Gasteiger partial charge in [-0.25, -0.2) is 0 Å². The van der Waals surface area contributed by atoms with Crippen LogP contribution in [-0.4, -0.2) is 18.1 Å². The summed E-state index contributed by atoms with van der Waals surface area (Å²) in [5, 5.41) is 9.70. The molecule has 1 aromatic carbocycles. The van der Waals surface area contributed by atoms with Gasteiger partial charge in [0, 0.05) is 17.9 Å². The number of phenols is 1. The molecule has 0 spiro atoms. The summed E-state index contributed by atoms with van der Waals surface area (Å²) < 4.78 is 0.844. The predicted octanol–water partition coefficient (Wildman–Crippen LogP) is 2.06. The minimum atomic E-state index is 0.0510. The number of hydrogen-bond acceptors (Lipinski definition) is 2. The number of rotatable bonds is 0. The van der Waals surface area contributed by atoms with Crippen LogP contribution in [0.1, 0.15) is 12.0 Å². The second-order valence-electron chi connectivity index (χ2n) is 3.39. The zero-order valence-corrected chi connectivity index (χ0v) is 9.34. The summed E-state index contributed by atoms with van der Waals surface area (Å²) in [7, 11) is 1.69. The third-order valence-corrected chi connectivity index (χ3v) is 2.91. The highest BCUT2D eigenvalue weighted by molar-refractivity contribution is 9.10. The van der Waals surface area contributed by atoms with E-state index in [2.05, 4.69) is 15.9 Å². The molecule has 1 aromatic rings. The van der Waals surface area contributed by atoms with Crippen LogP contribution in [0.3, 0.4) is 0 Å². The molecule has 3 nitrogen and oxygen atoms in total. The number of hydrogen-bond donors (Lipinski definition) is 1. The lowest BCUT2D eigenvalue weighted by atomic mass is 10.0. The summed E-state index contributed by atoms with van der Waals surface area (Å²) >= 11 is 3.31. The summed E-state index contributed by atoms with van der Waals surface area (Å²) in [6.45, 7) is 0. The second kappa shape index (κ2) is 3.28. The van der Waals surface area contributed by atoms with Gasteiger partial charge in [-0.1, -0.05) is 15.9 Å². The molecule has 0 saturated heterocycles. The van der Waals surface area contributed by atoms with Gasteiger partial charge in [0.1, 0.15) is 5.75 Å². The Labute approximate surface area is 90.5 Å². The number of benzene rings is 1. The highest BCUT2D eigenvalue weighted by Gasteiger charge is 2.23. The maximum Gasteiger partial charge on any atom is 0.227 e. The van der Waals surface area contributed by atoms with Crippen molar-refractivity contribution in [3.63, 3.8) is 0 Å². The van der Waals surface area contributed by atoms with E-state index in [4.69, 9.17) is 0 Å². The van der Waals surface area contributed by atoms with Gasteiger partial charge >= 0.3 is 0 Å². The zero-order chi connectivity index (χ0) is 10.3. The second-order valence-corrected chi connectivity index (χ2v) is 4.30. The van der Waals surface area contributed by atoms with Crippen LogP contribution in [0, 0.1) is 0 Å². The molecule has 2 rings (SSSR count). The fourth-order valence-electron chi connectivity index (χ4n) is 1.75. The maximum atomic E-state index is 11.4. The van der Waals surface area contributed by atoms with Crippen LogP contribution in [-0.2, 0) is 11.2 Å². The average molecular weight is 256 g/mol. The van der Waals surface area contributed by atoms with Crippen molar-refractivity contribution in [1.82, 2.24) is 0 Å². The van der Waals surface area contributed by atoms with Crippen molar-refractivity contribution in [1.29, 1.82) is 0 Å². The van der Waals surface area contributed by atoms with Crippen molar-refractivity contribution in [3.8, 4) is 5.75 Å². The summed E-state index contributed by atoms with van der Waals surface area (Å²) in [5.41, 5.74) is 1.66. The Hall–Kier alpha value is -1.03. The van der Waals surface area contributed by atoms with E-state index in [9.17, 15) is 9.90 Å². The van der Waals surface area contributed by atoms with Crippen molar-refractivity contribution in [3.05, 3.63) is 22.2 Å². The van der Waals surface area contributed by atoms with Crippen molar-refractivity contribution in [2.75, 3.05) is 11.9 Å². The number of amides is 1. The molecule has 4 heteroatoms. The van der Waals surface area contributed by atoms with Gasteiger partial charge in [-0.05, 0) is 24.1 Å². The van der Waals surface area contributed by atoms with E-state index in [1.54, 1.807) is 13.1 Å². The Kier molecular flexibility index (Phi) is 2.23. The van der Waals surface area contributed by atoms with Crippen molar-refractivity contribution in [2.45, 2.75) is 12.8 Å². The Balaban J connectivity index is 2.60. The molecule has 1 heterocycles. The van der Waals surface area contributed by atoms with Gasteiger partial charge in [-0.3, -0.25) is 4.79 Å². The maximum absolute atomic E-state index is 11.4. The first kappa shape index (κ1) is 9.52. The molecule has 0 atom stereocenters. The van der Waals surface area contributed by atoms with Crippen molar-refractivity contribution >= 4 is 27.5 Å². The summed E-state index contributed by atoms with van der Waals surface area (Å²) in [6.07, 6.45) is 1.21. The molecule has 1 aliphatic rings. The Morgan fingerprint density at radius 2 is 2.14 bits per heavy atom. The summed E-state index contributed by atoms with van der Waals surface area (Å²) in [4.78, 5) is 12.9. The van der Waals surface area contributed by atoms with E-state index in [0.29, 0.717) is 18.5 Å². The molecule has 0 aliphatic carbocycles. The lowest BCUT2D eigenvalue weighted by molar-refractivity contribution is -0.118.